The summed E-state index contributed by atoms with van der Waals surface area (Å²) in [5.74, 6) is -2.91. The van der Waals surface area contributed by atoms with Crippen LogP contribution in [0.15, 0.2) is 30.3 Å². The van der Waals surface area contributed by atoms with Crippen molar-refractivity contribution in [2.75, 3.05) is 0 Å². The van der Waals surface area contributed by atoms with Crippen LogP contribution >= 0.6 is 0 Å². The summed E-state index contributed by atoms with van der Waals surface area (Å²) in [5.41, 5.74) is 0.530. The van der Waals surface area contributed by atoms with E-state index in [0.29, 0.717) is 5.56 Å². The molecule has 0 amide bonds. The predicted octanol–water partition coefficient (Wildman–Crippen LogP) is -0.537. The van der Waals surface area contributed by atoms with Crippen molar-refractivity contribution in [3.63, 3.8) is 0 Å². The molecule has 178 valence electrons. The van der Waals surface area contributed by atoms with E-state index in [1.165, 1.54) is 24.3 Å². The lowest BCUT2D eigenvalue weighted by Gasteiger charge is -2.42. The predicted molar refractivity (Wildman–Crippen MR) is 106 cm³/mol. The Morgan fingerprint density at radius 1 is 0.909 bits per heavy atom. The van der Waals surface area contributed by atoms with Gasteiger partial charge in [-0.1, -0.05) is 6.07 Å². The Balaban J connectivity index is 1.69. The van der Waals surface area contributed by atoms with Gasteiger partial charge in [-0.2, -0.15) is 0 Å². The van der Waals surface area contributed by atoms with Crippen molar-refractivity contribution in [2.45, 2.75) is 49.3 Å². The van der Waals surface area contributed by atoms with Crippen molar-refractivity contribution >= 4 is 5.97 Å². The summed E-state index contributed by atoms with van der Waals surface area (Å²) in [7, 11) is 0. The van der Waals surface area contributed by atoms with E-state index in [9.17, 15) is 45.6 Å². The fourth-order valence-electron chi connectivity index (χ4n) is 3.90. The van der Waals surface area contributed by atoms with Crippen molar-refractivity contribution in [1.82, 2.24) is 0 Å². The van der Waals surface area contributed by atoms with Gasteiger partial charge >= 0.3 is 5.97 Å². The molecule has 2 aliphatic heterocycles. The lowest BCUT2D eigenvalue weighted by molar-refractivity contribution is -0.310. The van der Waals surface area contributed by atoms with Crippen molar-refractivity contribution in [1.29, 1.82) is 0 Å². The number of aliphatic hydroxyl groups excluding tert-OH is 3. The number of aromatic hydroxyl groups is 4. The molecule has 1 saturated heterocycles. The molecule has 0 radical (unpaired) electrons. The van der Waals surface area contributed by atoms with Crippen LogP contribution in [0.25, 0.3) is 0 Å². The zero-order valence-electron chi connectivity index (χ0n) is 16.8. The topological polar surface area (TPSA) is 207 Å². The van der Waals surface area contributed by atoms with Crippen LogP contribution < -0.4 is 4.74 Å². The summed E-state index contributed by atoms with van der Waals surface area (Å²) >= 11 is 0. The SMILES string of the molecule is O=C(O)[C@H]1OC(OC2Cc3c(O)cc(O)cc3OC2c2ccc(O)c(O)c2)[C@H](O)[C@@H](O)[C@@H]1O. The third-order valence-electron chi connectivity index (χ3n) is 5.62. The third kappa shape index (κ3) is 4.21. The maximum absolute atomic E-state index is 11.4. The Kier molecular flexibility index (Phi) is 5.95. The van der Waals surface area contributed by atoms with Gasteiger partial charge in [0.1, 0.15) is 41.7 Å². The van der Waals surface area contributed by atoms with Crippen LogP contribution in [0.4, 0.5) is 0 Å². The molecule has 12 heteroatoms. The van der Waals surface area contributed by atoms with E-state index < -0.39 is 60.4 Å². The molecule has 0 aromatic heterocycles. The molecule has 0 saturated carbocycles. The molecule has 2 heterocycles. The zero-order valence-corrected chi connectivity index (χ0v) is 16.8. The number of hydrogen-bond acceptors (Lipinski definition) is 11. The number of phenolic OH excluding ortho intramolecular Hbond substituents is 4. The summed E-state index contributed by atoms with van der Waals surface area (Å²) in [4.78, 5) is 11.4. The van der Waals surface area contributed by atoms with Gasteiger partial charge in [-0.3, -0.25) is 0 Å². The number of aliphatic carboxylic acids is 1. The Bertz CT molecular complexity index is 1060. The maximum Gasteiger partial charge on any atom is 0.335 e. The molecular weight excluding hydrogens is 444 g/mol. The van der Waals surface area contributed by atoms with Gasteiger partial charge in [0.2, 0.25) is 0 Å². The van der Waals surface area contributed by atoms with E-state index in [2.05, 4.69) is 0 Å². The molecular formula is C21H22O12. The average Bonchev–Trinajstić information content (AvgIpc) is 2.75. The summed E-state index contributed by atoms with van der Waals surface area (Å²) in [6.45, 7) is 0. The highest BCUT2D eigenvalue weighted by Gasteiger charge is 2.49. The number of rotatable bonds is 4. The van der Waals surface area contributed by atoms with Gasteiger partial charge in [0.25, 0.3) is 0 Å². The number of hydrogen-bond donors (Lipinski definition) is 8. The minimum absolute atomic E-state index is 0.0727. The van der Waals surface area contributed by atoms with E-state index in [-0.39, 0.29) is 29.2 Å². The molecule has 8 N–H and O–H groups in total. The quantitative estimate of drug-likeness (QED) is 0.267. The van der Waals surface area contributed by atoms with Gasteiger partial charge in [0, 0.05) is 24.1 Å². The molecule has 2 aliphatic rings. The fourth-order valence-corrected chi connectivity index (χ4v) is 3.90. The van der Waals surface area contributed by atoms with Gasteiger partial charge in [-0.05, 0) is 17.7 Å². The van der Waals surface area contributed by atoms with Crippen molar-refractivity contribution < 1.29 is 59.9 Å². The number of benzene rings is 2. The first-order valence-electron chi connectivity index (χ1n) is 9.88. The highest BCUT2D eigenvalue weighted by Crippen LogP contribution is 2.44. The number of ether oxygens (including phenoxy) is 3. The molecule has 2 aromatic carbocycles. The fraction of sp³-hybridized carbons (Fsp3) is 0.381. The van der Waals surface area contributed by atoms with Crippen molar-refractivity contribution in [3.05, 3.63) is 41.5 Å². The smallest absolute Gasteiger partial charge is 0.335 e. The minimum atomic E-state index is -1.91. The standard InChI is InChI=1S/C21H22O12/c22-8-4-11(24)9-6-14(32-21-17(28)15(26)16(27)19(33-21)20(29)30)18(31-13(9)5-8)7-1-2-10(23)12(25)3-7/h1-5,14-19,21-28H,6H2,(H,29,30)/t14?,15-,16-,17+,18?,19-,21?/m0/s1. The Morgan fingerprint density at radius 3 is 2.30 bits per heavy atom. The second-order valence-electron chi connectivity index (χ2n) is 7.84. The number of aliphatic hydroxyl groups is 3. The van der Waals surface area contributed by atoms with Crippen molar-refractivity contribution in [2.24, 2.45) is 0 Å². The number of carbonyl (C=O) groups is 1. The molecule has 12 nitrogen and oxygen atoms in total. The first kappa shape index (κ1) is 22.9. The van der Waals surface area contributed by atoms with Gasteiger partial charge in [-0.15, -0.1) is 0 Å². The number of carboxylic acids is 1. The lowest BCUT2D eigenvalue weighted by atomic mass is 9.93. The van der Waals surface area contributed by atoms with E-state index in [0.717, 1.165) is 6.07 Å². The largest absolute Gasteiger partial charge is 0.508 e. The summed E-state index contributed by atoms with van der Waals surface area (Å²) in [6.07, 6.45) is -11.4. The Morgan fingerprint density at radius 2 is 1.64 bits per heavy atom. The Labute approximate surface area is 186 Å². The first-order valence-corrected chi connectivity index (χ1v) is 9.88. The highest BCUT2D eigenvalue weighted by molar-refractivity contribution is 5.73. The second-order valence-corrected chi connectivity index (χ2v) is 7.84. The van der Waals surface area contributed by atoms with Crippen LogP contribution in [0.1, 0.15) is 17.2 Å². The number of carboxylic acid groups (broad SMARTS) is 1. The molecule has 0 bridgehead atoms. The second kappa shape index (κ2) is 8.57. The molecule has 1 fully saturated rings. The molecule has 33 heavy (non-hydrogen) atoms. The van der Waals surface area contributed by atoms with Crippen LogP contribution in [-0.2, 0) is 20.7 Å². The average molecular weight is 466 g/mol. The molecule has 0 aliphatic carbocycles. The number of fused-ring (bicyclic) bond motifs is 1. The van der Waals surface area contributed by atoms with Crippen LogP contribution in [-0.4, -0.2) is 83.6 Å². The molecule has 0 spiro atoms. The minimum Gasteiger partial charge on any atom is -0.508 e. The van der Waals surface area contributed by atoms with Crippen LogP contribution in [0.5, 0.6) is 28.7 Å². The van der Waals surface area contributed by atoms with E-state index in [1.54, 1.807) is 0 Å². The Hall–Kier alpha value is -3.29. The van der Waals surface area contributed by atoms with Crippen molar-refractivity contribution in [3.8, 4) is 28.7 Å². The van der Waals surface area contributed by atoms with Crippen LogP contribution in [0, 0.1) is 0 Å². The van der Waals surface area contributed by atoms with E-state index in [1.807, 2.05) is 0 Å². The lowest BCUT2D eigenvalue weighted by Crippen LogP contribution is -2.61. The molecule has 4 rings (SSSR count). The highest BCUT2D eigenvalue weighted by atomic mass is 16.7. The number of phenols is 4. The van der Waals surface area contributed by atoms with E-state index >= 15 is 0 Å². The van der Waals surface area contributed by atoms with Crippen LogP contribution in [0.3, 0.4) is 0 Å². The van der Waals surface area contributed by atoms with Gasteiger partial charge in [0.15, 0.2) is 30.0 Å². The summed E-state index contributed by atoms with van der Waals surface area (Å²) in [6, 6.07) is 6.15. The van der Waals surface area contributed by atoms with Crippen LogP contribution in [0.2, 0.25) is 0 Å². The first-order chi connectivity index (χ1) is 15.6. The van der Waals surface area contributed by atoms with Gasteiger partial charge in [-0.25, -0.2) is 4.79 Å². The van der Waals surface area contributed by atoms with Gasteiger partial charge in [0.05, 0.1) is 0 Å². The van der Waals surface area contributed by atoms with Gasteiger partial charge < -0.3 is 55.1 Å². The molecule has 2 aromatic rings. The summed E-state index contributed by atoms with van der Waals surface area (Å²) < 4.78 is 16.8. The zero-order chi connectivity index (χ0) is 24.0. The van der Waals surface area contributed by atoms with E-state index in [4.69, 9.17) is 14.2 Å². The third-order valence-corrected chi connectivity index (χ3v) is 5.62. The summed E-state index contributed by atoms with van der Waals surface area (Å²) in [5, 5.41) is 79.1. The normalized spacial score (nSPS) is 31.4. The molecule has 3 unspecified atom stereocenters. The molecule has 7 atom stereocenters. The maximum atomic E-state index is 11.4. The monoisotopic (exact) mass is 466 g/mol.